The molecule has 6 heteroatoms. The summed E-state index contributed by atoms with van der Waals surface area (Å²) in [5.41, 5.74) is 1.69. The zero-order valence-electron chi connectivity index (χ0n) is 12.2. The Labute approximate surface area is 133 Å². The molecule has 0 radical (unpaired) electrons. The minimum Gasteiger partial charge on any atom is -0.345 e. The van der Waals surface area contributed by atoms with E-state index in [1.807, 2.05) is 38.1 Å². The van der Waals surface area contributed by atoms with Crippen molar-refractivity contribution in [2.45, 2.75) is 19.9 Å². The Balaban J connectivity index is 2.28. The van der Waals surface area contributed by atoms with Crippen molar-refractivity contribution in [2.75, 3.05) is 0 Å². The SMILES string of the molecule is Cc1ccccc1C(C)NC(=O)c1cc(Cl)ccc1[N+](=O)[O-]. The van der Waals surface area contributed by atoms with Gasteiger partial charge in [0, 0.05) is 11.1 Å². The van der Waals surface area contributed by atoms with Crippen molar-refractivity contribution in [2.24, 2.45) is 0 Å². The fourth-order valence-electron chi connectivity index (χ4n) is 2.27. The average molecular weight is 319 g/mol. The Hall–Kier alpha value is -2.40. The fraction of sp³-hybridized carbons (Fsp3) is 0.188. The van der Waals surface area contributed by atoms with Gasteiger partial charge in [-0.25, -0.2) is 0 Å². The normalized spacial score (nSPS) is 11.8. The van der Waals surface area contributed by atoms with Crippen LogP contribution in [0, 0.1) is 17.0 Å². The van der Waals surface area contributed by atoms with Gasteiger partial charge in [-0.05, 0) is 37.1 Å². The molecule has 0 aromatic heterocycles. The zero-order valence-corrected chi connectivity index (χ0v) is 12.9. The van der Waals surface area contributed by atoms with Gasteiger partial charge in [-0.2, -0.15) is 0 Å². The molecule has 1 amide bonds. The number of nitro benzene ring substituents is 1. The minimum atomic E-state index is -0.594. The van der Waals surface area contributed by atoms with Crippen LogP contribution in [-0.2, 0) is 0 Å². The molecule has 0 saturated carbocycles. The lowest BCUT2D eigenvalue weighted by molar-refractivity contribution is -0.385. The van der Waals surface area contributed by atoms with Crippen LogP contribution in [0.5, 0.6) is 0 Å². The third-order valence-corrected chi connectivity index (χ3v) is 3.64. The van der Waals surface area contributed by atoms with E-state index in [-0.39, 0.29) is 22.3 Å². The van der Waals surface area contributed by atoms with Gasteiger partial charge >= 0.3 is 0 Å². The van der Waals surface area contributed by atoms with Crippen LogP contribution in [0.2, 0.25) is 5.02 Å². The first-order valence-corrected chi connectivity index (χ1v) is 7.08. The van der Waals surface area contributed by atoms with E-state index in [4.69, 9.17) is 11.6 Å². The molecule has 114 valence electrons. The number of benzene rings is 2. The van der Waals surface area contributed by atoms with Gasteiger partial charge in [0.25, 0.3) is 11.6 Å². The molecule has 0 saturated heterocycles. The highest BCUT2D eigenvalue weighted by molar-refractivity contribution is 6.31. The van der Waals surface area contributed by atoms with Crippen LogP contribution in [-0.4, -0.2) is 10.8 Å². The van der Waals surface area contributed by atoms with Crippen LogP contribution in [0.4, 0.5) is 5.69 Å². The van der Waals surface area contributed by atoms with E-state index in [0.717, 1.165) is 11.1 Å². The Morgan fingerprint density at radius 2 is 1.95 bits per heavy atom. The Kier molecular flexibility index (Phi) is 4.78. The predicted octanol–water partition coefficient (Wildman–Crippen LogP) is 4.05. The van der Waals surface area contributed by atoms with Crippen LogP contribution in [0.15, 0.2) is 42.5 Å². The minimum absolute atomic E-state index is 0.0436. The Morgan fingerprint density at radius 1 is 1.27 bits per heavy atom. The summed E-state index contributed by atoms with van der Waals surface area (Å²) in [6, 6.07) is 11.3. The highest BCUT2D eigenvalue weighted by Crippen LogP contribution is 2.24. The van der Waals surface area contributed by atoms with E-state index < -0.39 is 10.8 Å². The monoisotopic (exact) mass is 318 g/mol. The molecule has 2 rings (SSSR count). The number of aryl methyl sites for hydroxylation is 1. The van der Waals surface area contributed by atoms with Crippen molar-refractivity contribution < 1.29 is 9.72 Å². The first-order valence-electron chi connectivity index (χ1n) is 6.70. The summed E-state index contributed by atoms with van der Waals surface area (Å²) in [4.78, 5) is 22.8. The highest BCUT2D eigenvalue weighted by Gasteiger charge is 2.22. The molecular weight excluding hydrogens is 304 g/mol. The third kappa shape index (κ3) is 3.43. The van der Waals surface area contributed by atoms with Gasteiger partial charge in [-0.15, -0.1) is 0 Å². The molecule has 5 nitrogen and oxygen atoms in total. The number of carbonyl (C=O) groups excluding carboxylic acids is 1. The van der Waals surface area contributed by atoms with Crippen molar-refractivity contribution in [3.63, 3.8) is 0 Å². The van der Waals surface area contributed by atoms with Gasteiger partial charge in [-0.3, -0.25) is 14.9 Å². The summed E-state index contributed by atoms with van der Waals surface area (Å²) in [6.45, 7) is 3.77. The number of carbonyl (C=O) groups is 1. The second-order valence-corrected chi connectivity index (χ2v) is 5.41. The number of halogens is 1. The molecule has 0 fully saturated rings. The van der Waals surface area contributed by atoms with Gasteiger partial charge in [0.05, 0.1) is 11.0 Å². The first-order chi connectivity index (χ1) is 10.4. The summed E-state index contributed by atoms with van der Waals surface area (Å²) in [6.07, 6.45) is 0. The maximum atomic E-state index is 12.3. The van der Waals surface area contributed by atoms with Crippen LogP contribution >= 0.6 is 11.6 Å². The molecule has 2 aromatic carbocycles. The molecule has 0 aliphatic heterocycles. The van der Waals surface area contributed by atoms with Gasteiger partial charge < -0.3 is 5.32 Å². The molecule has 0 bridgehead atoms. The number of nitrogens with zero attached hydrogens (tertiary/aromatic N) is 1. The standard InChI is InChI=1S/C16H15ClN2O3/c1-10-5-3-4-6-13(10)11(2)18-16(20)14-9-12(17)7-8-15(14)19(21)22/h3-9,11H,1-2H3,(H,18,20). The maximum absolute atomic E-state index is 12.3. The van der Waals surface area contributed by atoms with Crippen molar-refractivity contribution in [1.82, 2.24) is 5.32 Å². The molecule has 0 aliphatic rings. The van der Waals surface area contributed by atoms with Crippen molar-refractivity contribution in [1.29, 1.82) is 0 Å². The van der Waals surface area contributed by atoms with Gasteiger partial charge in [0.2, 0.25) is 0 Å². The van der Waals surface area contributed by atoms with E-state index in [9.17, 15) is 14.9 Å². The van der Waals surface area contributed by atoms with Gasteiger partial charge in [-0.1, -0.05) is 35.9 Å². The zero-order chi connectivity index (χ0) is 16.3. The Morgan fingerprint density at radius 3 is 2.59 bits per heavy atom. The lowest BCUT2D eigenvalue weighted by atomic mass is 10.0. The molecule has 22 heavy (non-hydrogen) atoms. The van der Waals surface area contributed by atoms with Crippen molar-refractivity contribution in [3.8, 4) is 0 Å². The number of nitrogens with one attached hydrogen (secondary N) is 1. The smallest absolute Gasteiger partial charge is 0.282 e. The van der Waals surface area contributed by atoms with Crippen molar-refractivity contribution >= 4 is 23.2 Å². The predicted molar refractivity (Wildman–Crippen MR) is 85.2 cm³/mol. The summed E-state index contributed by atoms with van der Waals surface area (Å²) in [5, 5.41) is 14.1. The molecule has 1 N–H and O–H groups in total. The van der Waals surface area contributed by atoms with Gasteiger partial charge in [0.1, 0.15) is 5.56 Å². The summed E-state index contributed by atoms with van der Waals surface area (Å²) in [5.74, 6) is -0.523. The average Bonchev–Trinajstić information content (AvgIpc) is 2.47. The number of rotatable bonds is 4. The second-order valence-electron chi connectivity index (χ2n) is 4.97. The molecule has 2 aromatic rings. The van der Waals surface area contributed by atoms with E-state index in [1.165, 1.54) is 18.2 Å². The Bertz CT molecular complexity index is 731. The summed E-state index contributed by atoms with van der Waals surface area (Å²) >= 11 is 5.84. The number of nitro groups is 1. The van der Waals surface area contributed by atoms with Crippen LogP contribution in [0.25, 0.3) is 0 Å². The number of hydrogen-bond donors (Lipinski definition) is 1. The van der Waals surface area contributed by atoms with Crippen molar-refractivity contribution in [3.05, 3.63) is 74.3 Å². The number of amides is 1. The highest BCUT2D eigenvalue weighted by atomic mass is 35.5. The second kappa shape index (κ2) is 6.58. The molecule has 0 heterocycles. The summed E-state index contributed by atoms with van der Waals surface area (Å²) in [7, 11) is 0. The molecular formula is C16H15ClN2O3. The topological polar surface area (TPSA) is 72.2 Å². The van der Waals surface area contributed by atoms with E-state index in [2.05, 4.69) is 5.32 Å². The number of hydrogen-bond acceptors (Lipinski definition) is 3. The maximum Gasteiger partial charge on any atom is 0.282 e. The third-order valence-electron chi connectivity index (χ3n) is 3.40. The lowest BCUT2D eigenvalue weighted by Crippen LogP contribution is -2.27. The van der Waals surface area contributed by atoms with Crippen LogP contribution in [0.1, 0.15) is 34.5 Å². The molecule has 1 atom stereocenters. The van der Waals surface area contributed by atoms with E-state index in [0.29, 0.717) is 0 Å². The van der Waals surface area contributed by atoms with E-state index >= 15 is 0 Å². The van der Waals surface area contributed by atoms with Gasteiger partial charge in [0.15, 0.2) is 0 Å². The molecule has 1 unspecified atom stereocenters. The largest absolute Gasteiger partial charge is 0.345 e. The van der Waals surface area contributed by atoms with E-state index in [1.54, 1.807) is 0 Å². The quantitative estimate of drug-likeness (QED) is 0.682. The molecule has 0 spiro atoms. The van der Waals surface area contributed by atoms with Crippen LogP contribution in [0.3, 0.4) is 0 Å². The summed E-state index contributed by atoms with van der Waals surface area (Å²) < 4.78 is 0. The fourth-order valence-corrected chi connectivity index (χ4v) is 2.45. The van der Waals surface area contributed by atoms with Crippen LogP contribution < -0.4 is 5.32 Å². The molecule has 0 aliphatic carbocycles. The lowest BCUT2D eigenvalue weighted by Gasteiger charge is -2.16. The first kappa shape index (κ1) is 16.0.